The van der Waals surface area contributed by atoms with Crippen molar-refractivity contribution in [2.24, 2.45) is 0 Å². The van der Waals surface area contributed by atoms with Gasteiger partial charge < -0.3 is 9.73 Å². The first-order chi connectivity index (χ1) is 13.3. The van der Waals surface area contributed by atoms with Gasteiger partial charge in [0, 0.05) is 17.1 Å². The second-order valence-electron chi connectivity index (χ2n) is 5.63. The fourth-order valence-corrected chi connectivity index (χ4v) is 4.09. The van der Waals surface area contributed by atoms with Crippen LogP contribution < -0.4 is 5.32 Å². The van der Waals surface area contributed by atoms with Crippen molar-refractivity contribution in [1.29, 1.82) is 0 Å². The standard InChI is InChI=1S/C19H15ClN4OS2/c20-15-8-6-14(7-9-15)16-11-21-17(25-16)12-26-19-24-23-18(27-19)22-10-13-4-2-1-3-5-13/h1-9,11H,10,12H2,(H,22,23). The Kier molecular flexibility index (Phi) is 5.72. The lowest BCUT2D eigenvalue weighted by molar-refractivity contribution is 0.530. The van der Waals surface area contributed by atoms with Crippen LogP contribution in [0, 0.1) is 0 Å². The Hall–Kier alpha value is -2.35. The highest BCUT2D eigenvalue weighted by molar-refractivity contribution is 8.00. The molecule has 4 aromatic rings. The van der Waals surface area contributed by atoms with Crippen LogP contribution in [0.3, 0.4) is 0 Å². The lowest BCUT2D eigenvalue weighted by Gasteiger charge is -2.00. The van der Waals surface area contributed by atoms with Gasteiger partial charge in [-0.15, -0.1) is 10.2 Å². The number of thioether (sulfide) groups is 1. The maximum absolute atomic E-state index is 5.91. The third-order valence-electron chi connectivity index (χ3n) is 3.69. The van der Waals surface area contributed by atoms with E-state index in [4.69, 9.17) is 16.0 Å². The first-order valence-corrected chi connectivity index (χ1v) is 10.4. The van der Waals surface area contributed by atoms with Crippen molar-refractivity contribution in [3.63, 3.8) is 0 Å². The van der Waals surface area contributed by atoms with E-state index in [1.54, 1.807) is 18.0 Å². The van der Waals surface area contributed by atoms with Crippen molar-refractivity contribution in [2.75, 3.05) is 5.32 Å². The van der Waals surface area contributed by atoms with Gasteiger partial charge in [0.25, 0.3) is 0 Å². The number of benzene rings is 2. The number of aromatic nitrogens is 3. The molecular formula is C19H15ClN4OS2. The second kappa shape index (κ2) is 8.56. The molecule has 0 aliphatic carbocycles. The number of halogens is 1. The summed E-state index contributed by atoms with van der Waals surface area (Å²) in [6.45, 7) is 0.727. The fraction of sp³-hybridized carbons (Fsp3) is 0.105. The molecule has 0 unspecified atom stereocenters. The van der Waals surface area contributed by atoms with Gasteiger partial charge in [-0.3, -0.25) is 0 Å². The van der Waals surface area contributed by atoms with E-state index in [2.05, 4.69) is 32.6 Å². The van der Waals surface area contributed by atoms with Gasteiger partial charge in [0.2, 0.25) is 11.0 Å². The largest absolute Gasteiger partial charge is 0.440 e. The predicted octanol–water partition coefficient (Wildman–Crippen LogP) is 5.75. The molecular weight excluding hydrogens is 400 g/mol. The van der Waals surface area contributed by atoms with Crippen LogP contribution in [-0.4, -0.2) is 15.2 Å². The molecule has 27 heavy (non-hydrogen) atoms. The van der Waals surface area contributed by atoms with Crippen LogP contribution in [0.1, 0.15) is 11.5 Å². The molecule has 1 N–H and O–H groups in total. The SMILES string of the molecule is Clc1ccc(-c2cnc(CSc3nnc(NCc4ccccc4)s3)o2)cc1. The molecule has 0 saturated carbocycles. The van der Waals surface area contributed by atoms with Crippen LogP contribution >= 0.6 is 34.7 Å². The average molecular weight is 415 g/mol. The zero-order chi connectivity index (χ0) is 18.5. The molecule has 136 valence electrons. The number of oxazole rings is 1. The van der Waals surface area contributed by atoms with E-state index >= 15 is 0 Å². The van der Waals surface area contributed by atoms with Gasteiger partial charge in [-0.2, -0.15) is 0 Å². The molecule has 8 heteroatoms. The first-order valence-electron chi connectivity index (χ1n) is 8.21. The normalized spacial score (nSPS) is 10.9. The highest BCUT2D eigenvalue weighted by Gasteiger charge is 2.10. The molecule has 0 amide bonds. The zero-order valence-corrected chi connectivity index (χ0v) is 16.5. The summed E-state index contributed by atoms with van der Waals surface area (Å²) in [5, 5.41) is 13.2. The van der Waals surface area contributed by atoms with Crippen LogP contribution in [0.4, 0.5) is 5.13 Å². The monoisotopic (exact) mass is 414 g/mol. The summed E-state index contributed by atoms with van der Waals surface area (Å²) in [5.74, 6) is 1.98. The van der Waals surface area contributed by atoms with E-state index < -0.39 is 0 Å². The van der Waals surface area contributed by atoms with Gasteiger partial charge in [-0.05, 0) is 29.8 Å². The number of hydrogen-bond acceptors (Lipinski definition) is 7. The van der Waals surface area contributed by atoms with Crippen molar-refractivity contribution in [2.45, 2.75) is 16.6 Å². The maximum atomic E-state index is 5.91. The molecule has 0 saturated heterocycles. The van der Waals surface area contributed by atoms with Crippen LogP contribution in [0.5, 0.6) is 0 Å². The highest BCUT2D eigenvalue weighted by atomic mass is 35.5. The molecule has 0 radical (unpaired) electrons. The number of nitrogens with one attached hydrogen (secondary N) is 1. The van der Waals surface area contributed by atoms with E-state index in [1.165, 1.54) is 16.9 Å². The topological polar surface area (TPSA) is 63.8 Å². The minimum atomic E-state index is 0.598. The maximum Gasteiger partial charge on any atom is 0.206 e. The van der Waals surface area contributed by atoms with Gasteiger partial charge in [0.1, 0.15) is 0 Å². The Morgan fingerprint density at radius 2 is 1.85 bits per heavy atom. The minimum Gasteiger partial charge on any atom is -0.440 e. The summed E-state index contributed by atoms with van der Waals surface area (Å²) in [6.07, 6.45) is 1.73. The second-order valence-corrected chi connectivity index (χ2v) is 8.26. The molecule has 4 rings (SSSR count). The third-order valence-corrected chi connectivity index (χ3v) is 5.95. The van der Waals surface area contributed by atoms with Crippen molar-refractivity contribution in [3.8, 4) is 11.3 Å². The minimum absolute atomic E-state index is 0.598. The Morgan fingerprint density at radius 1 is 1.04 bits per heavy atom. The van der Waals surface area contributed by atoms with E-state index in [-0.39, 0.29) is 0 Å². The Labute approximate surface area is 169 Å². The summed E-state index contributed by atoms with van der Waals surface area (Å²) in [5.41, 5.74) is 2.16. The molecule has 2 aromatic heterocycles. The van der Waals surface area contributed by atoms with Gasteiger partial charge in [0.05, 0.1) is 11.9 Å². The average Bonchev–Trinajstić information content (AvgIpc) is 3.36. The summed E-state index contributed by atoms with van der Waals surface area (Å²) >= 11 is 8.99. The van der Waals surface area contributed by atoms with Gasteiger partial charge in [-0.1, -0.05) is 65.0 Å². The number of hydrogen-bond donors (Lipinski definition) is 1. The van der Waals surface area contributed by atoms with Gasteiger partial charge in [-0.25, -0.2) is 4.98 Å². The van der Waals surface area contributed by atoms with Crippen LogP contribution in [0.2, 0.25) is 5.02 Å². The van der Waals surface area contributed by atoms with Crippen LogP contribution in [0.15, 0.2) is 69.6 Å². The highest BCUT2D eigenvalue weighted by Crippen LogP contribution is 2.30. The Balaban J connectivity index is 1.32. The molecule has 0 aliphatic heterocycles. The molecule has 2 aromatic carbocycles. The summed E-state index contributed by atoms with van der Waals surface area (Å²) in [7, 11) is 0. The van der Waals surface area contributed by atoms with Crippen molar-refractivity contribution in [1.82, 2.24) is 15.2 Å². The first kappa shape index (κ1) is 18.0. The molecule has 0 atom stereocenters. The van der Waals surface area contributed by atoms with Crippen LogP contribution in [-0.2, 0) is 12.3 Å². The number of anilines is 1. The van der Waals surface area contributed by atoms with Crippen LogP contribution in [0.25, 0.3) is 11.3 Å². The summed E-state index contributed by atoms with van der Waals surface area (Å²) in [4.78, 5) is 4.33. The number of nitrogens with zero attached hydrogens (tertiary/aromatic N) is 3. The molecule has 0 bridgehead atoms. The molecule has 0 spiro atoms. The summed E-state index contributed by atoms with van der Waals surface area (Å²) in [6, 6.07) is 17.7. The zero-order valence-electron chi connectivity index (χ0n) is 14.1. The molecule has 0 aliphatic rings. The van der Waals surface area contributed by atoms with E-state index in [0.29, 0.717) is 16.7 Å². The van der Waals surface area contributed by atoms with E-state index in [9.17, 15) is 0 Å². The Morgan fingerprint density at radius 3 is 2.67 bits per heavy atom. The third kappa shape index (κ3) is 4.88. The van der Waals surface area contributed by atoms with Gasteiger partial charge in [0.15, 0.2) is 10.1 Å². The van der Waals surface area contributed by atoms with E-state index in [1.807, 2.05) is 42.5 Å². The lowest BCUT2D eigenvalue weighted by atomic mass is 10.2. The fourth-order valence-electron chi connectivity index (χ4n) is 2.36. The van der Waals surface area contributed by atoms with Gasteiger partial charge >= 0.3 is 0 Å². The smallest absolute Gasteiger partial charge is 0.206 e. The quantitative estimate of drug-likeness (QED) is 0.388. The van der Waals surface area contributed by atoms with Crippen molar-refractivity contribution in [3.05, 3.63) is 77.3 Å². The lowest BCUT2D eigenvalue weighted by Crippen LogP contribution is -1.98. The Bertz CT molecular complexity index is 1000. The summed E-state index contributed by atoms with van der Waals surface area (Å²) < 4.78 is 6.68. The molecule has 2 heterocycles. The van der Waals surface area contributed by atoms with Crippen molar-refractivity contribution >= 4 is 39.8 Å². The molecule has 5 nitrogen and oxygen atoms in total. The molecule has 0 fully saturated rings. The van der Waals surface area contributed by atoms with Crippen molar-refractivity contribution < 1.29 is 4.42 Å². The predicted molar refractivity (Wildman–Crippen MR) is 110 cm³/mol. The van der Waals surface area contributed by atoms with E-state index in [0.717, 1.165) is 27.3 Å². The number of rotatable bonds is 7.